The van der Waals surface area contributed by atoms with E-state index in [9.17, 15) is 26.4 Å². The summed E-state index contributed by atoms with van der Waals surface area (Å²) >= 11 is 0. The first-order valence-electron chi connectivity index (χ1n) is 7.38. The van der Waals surface area contributed by atoms with Gasteiger partial charge in [-0.15, -0.1) is 0 Å². The van der Waals surface area contributed by atoms with Crippen molar-refractivity contribution >= 4 is 16.0 Å². The molecule has 0 spiro atoms. The monoisotopic (exact) mass is 387 g/mol. The lowest BCUT2D eigenvalue weighted by Gasteiger charge is -2.14. The molecule has 0 N–H and O–H groups in total. The number of carbonyl (C=O) groups is 1. The molecule has 2 aromatic carbocycles. The molecule has 140 valence electrons. The molecule has 2 rings (SSSR count). The Balaban J connectivity index is 2.20. The van der Waals surface area contributed by atoms with E-state index in [-0.39, 0.29) is 16.0 Å². The Morgan fingerprint density at radius 1 is 1.08 bits per heavy atom. The molecule has 0 bridgehead atoms. The second kappa shape index (κ2) is 7.46. The zero-order chi connectivity index (χ0) is 19.5. The van der Waals surface area contributed by atoms with Crippen LogP contribution >= 0.6 is 0 Å². The molecule has 0 heterocycles. The highest BCUT2D eigenvalue weighted by Gasteiger charge is 2.33. The molecule has 0 aliphatic carbocycles. The summed E-state index contributed by atoms with van der Waals surface area (Å²) in [5.41, 5.74) is -1.15. The lowest BCUT2D eigenvalue weighted by Crippen LogP contribution is -2.22. The van der Waals surface area contributed by atoms with Crippen LogP contribution in [-0.2, 0) is 27.5 Å². The van der Waals surface area contributed by atoms with E-state index in [0.29, 0.717) is 0 Å². The predicted molar refractivity (Wildman–Crippen MR) is 87.9 cm³/mol. The number of sulfonamides is 1. The highest BCUT2D eigenvalue weighted by Crippen LogP contribution is 2.32. The summed E-state index contributed by atoms with van der Waals surface area (Å²) < 4.78 is 68.9. The van der Waals surface area contributed by atoms with Crippen LogP contribution in [0.15, 0.2) is 53.4 Å². The Morgan fingerprint density at radius 3 is 2.35 bits per heavy atom. The van der Waals surface area contributed by atoms with E-state index in [4.69, 9.17) is 4.74 Å². The van der Waals surface area contributed by atoms with E-state index in [0.717, 1.165) is 16.4 Å². The van der Waals surface area contributed by atoms with Crippen molar-refractivity contribution in [2.24, 2.45) is 0 Å². The third-order valence-electron chi connectivity index (χ3n) is 3.53. The van der Waals surface area contributed by atoms with Crippen molar-refractivity contribution in [3.63, 3.8) is 0 Å². The maximum Gasteiger partial charge on any atom is 0.416 e. The van der Waals surface area contributed by atoms with Gasteiger partial charge in [0.2, 0.25) is 10.0 Å². The van der Waals surface area contributed by atoms with Crippen LogP contribution in [0.2, 0.25) is 0 Å². The number of esters is 1. The summed E-state index contributed by atoms with van der Waals surface area (Å²) in [6.07, 6.45) is -4.57. The second-order valence-electron chi connectivity index (χ2n) is 5.55. The Labute approximate surface area is 149 Å². The van der Waals surface area contributed by atoms with Crippen molar-refractivity contribution in [3.8, 4) is 0 Å². The molecule has 0 radical (unpaired) electrons. The Bertz CT molecular complexity index is 908. The number of rotatable bonds is 5. The molecule has 0 fully saturated rings. The molecule has 0 saturated carbocycles. The van der Waals surface area contributed by atoms with Crippen molar-refractivity contribution in [2.45, 2.75) is 17.7 Å². The zero-order valence-corrected chi connectivity index (χ0v) is 14.8. The molecular formula is C17H16F3NO4S. The van der Waals surface area contributed by atoms with Gasteiger partial charge in [-0.25, -0.2) is 17.5 Å². The summed E-state index contributed by atoms with van der Waals surface area (Å²) in [4.78, 5) is 12.0. The average Bonchev–Trinajstić information content (AvgIpc) is 2.59. The predicted octanol–water partition coefficient (Wildman–Crippen LogP) is 3.31. The molecular weight excluding hydrogens is 371 g/mol. The van der Waals surface area contributed by atoms with Crippen LogP contribution in [-0.4, -0.2) is 32.8 Å². The van der Waals surface area contributed by atoms with Gasteiger partial charge in [0.15, 0.2) is 0 Å². The van der Waals surface area contributed by atoms with Crippen molar-refractivity contribution in [2.75, 3.05) is 14.1 Å². The van der Waals surface area contributed by atoms with E-state index in [1.165, 1.54) is 50.5 Å². The minimum atomic E-state index is -4.57. The van der Waals surface area contributed by atoms with Gasteiger partial charge in [0.25, 0.3) is 0 Å². The van der Waals surface area contributed by atoms with Gasteiger partial charge in [-0.05, 0) is 24.3 Å². The largest absolute Gasteiger partial charge is 0.457 e. The lowest BCUT2D eigenvalue weighted by molar-refractivity contribution is -0.138. The van der Waals surface area contributed by atoms with Crippen LogP contribution in [0.5, 0.6) is 0 Å². The summed E-state index contributed by atoms with van der Waals surface area (Å²) in [6.45, 7) is -0.584. The van der Waals surface area contributed by atoms with E-state index >= 15 is 0 Å². The maximum atomic E-state index is 12.9. The first-order valence-corrected chi connectivity index (χ1v) is 8.82. The SMILES string of the molecule is CN(C)S(=O)(=O)c1cccc(C(=O)OCc2ccccc2C(F)(F)F)c1. The van der Waals surface area contributed by atoms with Crippen LogP contribution in [0.25, 0.3) is 0 Å². The Hall–Kier alpha value is -2.39. The van der Waals surface area contributed by atoms with Gasteiger partial charge in [-0.2, -0.15) is 13.2 Å². The van der Waals surface area contributed by atoms with E-state index in [1.54, 1.807) is 0 Å². The minimum absolute atomic E-state index is 0.0718. The van der Waals surface area contributed by atoms with Crippen LogP contribution < -0.4 is 0 Å². The normalized spacial score (nSPS) is 12.2. The first-order chi connectivity index (χ1) is 12.0. The fourth-order valence-electron chi connectivity index (χ4n) is 2.14. The fraction of sp³-hybridized carbons (Fsp3) is 0.235. The number of ether oxygens (including phenoxy) is 1. The van der Waals surface area contributed by atoms with Crippen LogP contribution in [0.3, 0.4) is 0 Å². The molecule has 0 amide bonds. The van der Waals surface area contributed by atoms with E-state index in [2.05, 4.69) is 0 Å². The minimum Gasteiger partial charge on any atom is -0.457 e. The quantitative estimate of drug-likeness (QED) is 0.739. The molecule has 0 aliphatic heterocycles. The number of carbonyl (C=O) groups excluding carboxylic acids is 1. The number of nitrogens with zero attached hydrogens (tertiary/aromatic N) is 1. The summed E-state index contributed by atoms with van der Waals surface area (Å²) in [5.74, 6) is -0.919. The first kappa shape index (κ1) is 19.9. The molecule has 0 unspecified atom stereocenters. The summed E-state index contributed by atoms with van der Waals surface area (Å²) in [5, 5.41) is 0. The standard InChI is InChI=1S/C17H16F3NO4S/c1-21(2)26(23,24)14-8-5-7-12(10-14)16(22)25-11-13-6-3-4-9-15(13)17(18,19)20/h3-10H,11H2,1-2H3. The number of hydrogen-bond acceptors (Lipinski definition) is 4. The molecule has 0 aliphatic rings. The van der Waals surface area contributed by atoms with Gasteiger partial charge in [0, 0.05) is 19.7 Å². The Kier molecular flexibility index (Phi) is 5.72. The fourth-order valence-corrected chi connectivity index (χ4v) is 3.09. The van der Waals surface area contributed by atoms with Gasteiger partial charge in [-0.3, -0.25) is 0 Å². The average molecular weight is 387 g/mol. The highest BCUT2D eigenvalue weighted by molar-refractivity contribution is 7.89. The maximum absolute atomic E-state index is 12.9. The van der Waals surface area contributed by atoms with Crippen molar-refractivity contribution in [1.29, 1.82) is 0 Å². The number of benzene rings is 2. The number of alkyl halides is 3. The van der Waals surface area contributed by atoms with Gasteiger partial charge in [0.05, 0.1) is 16.0 Å². The van der Waals surface area contributed by atoms with Gasteiger partial charge >= 0.3 is 12.1 Å². The van der Waals surface area contributed by atoms with Crippen LogP contribution in [0, 0.1) is 0 Å². The molecule has 9 heteroatoms. The summed E-state index contributed by atoms with van der Waals surface area (Å²) in [6, 6.07) is 9.87. The van der Waals surface area contributed by atoms with E-state index < -0.39 is 34.3 Å². The Morgan fingerprint density at radius 2 is 1.73 bits per heavy atom. The number of hydrogen-bond donors (Lipinski definition) is 0. The molecule has 2 aromatic rings. The molecule has 26 heavy (non-hydrogen) atoms. The third kappa shape index (κ3) is 4.41. The van der Waals surface area contributed by atoms with Crippen LogP contribution in [0.4, 0.5) is 13.2 Å². The van der Waals surface area contributed by atoms with Crippen molar-refractivity contribution < 1.29 is 31.1 Å². The van der Waals surface area contributed by atoms with E-state index in [1.807, 2.05) is 0 Å². The topological polar surface area (TPSA) is 63.7 Å². The molecule has 0 atom stereocenters. The molecule has 5 nitrogen and oxygen atoms in total. The summed E-state index contributed by atoms with van der Waals surface area (Å²) in [7, 11) is -1.07. The van der Waals surface area contributed by atoms with Gasteiger partial charge in [-0.1, -0.05) is 24.3 Å². The number of halogens is 3. The van der Waals surface area contributed by atoms with Crippen molar-refractivity contribution in [3.05, 3.63) is 65.2 Å². The van der Waals surface area contributed by atoms with Crippen LogP contribution in [0.1, 0.15) is 21.5 Å². The highest BCUT2D eigenvalue weighted by atomic mass is 32.2. The van der Waals surface area contributed by atoms with Crippen molar-refractivity contribution in [1.82, 2.24) is 4.31 Å². The van der Waals surface area contributed by atoms with Gasteiger partial charge < -0.3 is 4.74 Å². The zero-order valence-electron chi connectivity index (χ0n) is 13.9. The molecule has 0 saturated heterocycles. The molecule has 0 aromatic heterocycles. The smallest absolute Gasteiger partial charge is 0.416 e. The lowest BCUT2D eigenvalue weighted by atomic mass is 10.1. The second-order valence-corrected chi connectivity index (χ2v) is 7.70. The third-order valence-corrected chi connectivity index (χ3v) is 5.34. The van der Waals surface area contributed by atoms with Gasteiger partial charge in [0.1, 0.15) is 6.61 Å².